The highest BCUT2D eigenvalue weighted by molar-refractivity contribution is 5.98. The van der Waals surface area contributed by atoms with E-state index in [1.54, 1.807) is 23.8 Å². The number of aryl methyl sites for hydroxylation is 1. The van der Waals surface area contributed by atoms with E-state index in [0.717, 1.165) is 16.9 Å². The minimum Gasteiger partial charge on any atom is -0.325 e. The second-order valence-corrected chi connectivity index (χ2v) is 6.74. The molecule has 146 valence electrons. The Bertz CT molecular complexity index is 828. The van der Waals surface area contributed by atoms with Crippen LogP contribution >= 0.6 is 0 Å². The van der Waals surface area contributed by atoms with Gasteiger partial charge in [-0.05, 0) is 45.2 Å². The summed E-state index contributed by atoms with van der Waals surface area (Å²) in [4.78, 5) is 28.6. The van der Waals surface area contributed by atoms with Gasteiger partial charge in [0, 0.05) is 17.9 Å². The molecule has 0 fully saturated rings. The molecule has 2 aromatic rings. The van der Waals surface area contributed by atoms with Gasteiger partial charge < -0.3 is 10.2 Å². The third kappa shape index (κ3) is 5.93. The molecule has 0 saturated carbocycles. The molecule has 28 heavy (non-hydrogen) atoms. The summed E-state index contributed by atoms with van der Waals surface area (Å²) in [5.41, 5.74) is 2.59. The highest BCUT2D eigenvalue weighted by Gasteiger charge is 2.26. The number of carbonyl (C=O) groups excluding carboxylic acids is 2. The number of carbonyl (C=O) groups is 2. The molecular formula is C22H26N4O2. The number of nitrogens with zero attached hydrogens (tertiary/aromatic N) is 3. The Hall–Kier alpha value is -3.17. The van der Waals surface area contributed by atoms with Gasteiger partial charge in [0.15, 0.2) is 0 Å². The Morgan fingerprint density at radius 3 is 2.36 bits per heavy atom. The lowest BCUT2D eigenvalue weighted by Gasteiger charge is -2.30. The first-order valence-electron chi connectivity index (χ1n) is 9.22. The maximum Gasteiger partial charge on any atom is 0.244 e. The molecule has 2 amide bonds. The molecule has 0 saturated heterocycles. The molecule has 0 aliphatic rings. The summed E-state index contributed by atoms with van der Waals surface area (Å²) in [5, 5.41) is 11.8. The Balaban J connectivity index is 2.01. The molecule has 0 bridgehead atoms. The van der Waals surface area contributed by atoms with Crippen molar-refractivity contribution in [2.75, 3.05) is 30.4 Å². The van der Waals surface area contributed by atoms with Crippen molar-refractivity contribution in [3.63, 3.8) is 0 Å². The van der Waals surface area contributed by atoms with Crippen LogP contribution in [0.5, 0.6) is 0 Å². The van der Waals surface area contributed by atoms with Crippen LogP contribution in [0.15, 0.2) is 54.6 Å². The predicted molar refractivity (Wildman–Crippen MR) is 111 cm³/mol. The van der Waals surface area contributed by atoms with E-state index >= 15 is 0 Å². The third-order valence-corrected chi connectivity index (χ3v) is 4.53. The molecular weight excluding hydrogens is 352 g/mol. The molecule has 1 N–H and O–H groups in total. The minimum absolute atomic E-state index is 0.0850. The Labute approximate surface area is 166 Å². The first kappa shape index (κ1) is 21.1. The van der Waals surface area contributed by atoms with E-state index in [1.165, 1.54) is 0 Å². The van der Waals surface area contributed by atoms with Crippen LogP contribution in [0.4, 0.5) is 11.4 Å². The smallest absolute Gasteiger partial charge is 0.244 e. The molecule has 6 heteroatoms. The number of amides is 2. The lowest BCUT2D eigenvalue weighted by Crippen LogP contribution is -2.48. The van der Waals surface area contributed by atoms with Crippen molar-refractivity contribution in [2.45, 2.75) is 26.3 Å². The first-order valence-corrected chi connectivity index (χ1v) is 9.22. The standard InChI is InChI=1S/C22H26N4O2/c1-17-10-12-19(13-11-17)24-21(27)16-25(3)18(2)22(28)26(15-7-14-23)20-8-5-4-6-9-20/h4-6,8-13,18H,7,15-16H2,1-3H3,(H,24,27). The molecule has 2 aromatic carbocycles. The van der Waals surface area contributed by atoms with Gasteiger partial charge in [0.2, 0.25) is 11.8 Å². The summed E-state index contributed by atoms with van der Waals surface area (Å²) in [6.07, 6.45) is 0.241. The van der Waals surface area contributed by atoms with Gasteiger partial charge in [0.25, 0.3) is 0 Å². The quantitative estimate of drug-likeness (QED) is 0.765. The molecule has 0 aliphatic carbocycles. The summed E-state index contributed by atoms with van der Waals surface area (Å²) in [7, 11) is 1.74. The number of benzene rings is 2. The van der Waals surface area contributed by atoms with Crippen LogP contribution in [0.3, 0.4) is 0 Å². The normalized spacial score (nSPS) is 11.5. The van der Waals surface area contributed by atoms with Crippen molar-refractivity contribution in [1.82, 2.24) is 4.90 Å². The topological polar surface area (TPSA) is 76.4 Å². The van der Waals surface area contributed by atoms with Crippen molar-refractivity contribution in [2.24, 2.45) is 0 Å². The number of para-hydroxylation sites is 1. The van der Waals surface area contributed by atoms with Crippen molar-refractivity contribution in [3.05, 3.63) is 60.2 Å². The SMILES string of the molecule is Cc1ccc(NC(=O)CN(C)C(C)C(=O)N(CCC#N)c2ccccc2)cc1. The van der Waals surface area contributed by atoms with E-state index in [4.69, 9.17) is 5.26 Å². The molecule has 0 aromatic heterocycles. The largest absolute Gasteiger partial charge is 0.325 e. The lowest BCUT2D eigenvalue weighted by molar-refractivity contribution is -0.124. The highest BCUT2D eigenvalue weighted by atomic mass is 16.2. The van der Waals surface area contributed by atoms with Crippen LogP contribution in [0, 0.1) is 18.3 Å². The van der Waals surface area contributed by atoms with Gasteiger partial charge in [-0.1, -0.05) is 35.9 Å². The van der Waals surface area contributed by atoms with Crippen molar-refractivity contribution >= 4 is 23.2 Å². The van der Waals surface area contributed by atoms with Crippen LogP contribution in [0.2, 0.25) is 0 Å². The van der Waals surface area contributed by atoms with Crippen LogP contribution in [0.25, 0.3) is 0 Å². The Morgan fingerprint density at radius 1 is 1.11 bits per heavy atom. The van der Waals surface area contributed by atoms with E-state index in [-0.39, 0.29) is 24.8 Å². The summed E-state index contributed by atoms with van der Waals surface area (Å²) in [6, 6.07) is 18.4. The Kier molecular flexibility index (Phi) is 7.73. The van der Waals surface area contributed by atoms with E-state index < -0.39 is 6.04 Å². The van der Waals surface area contributed by atoms with E-state index in [9.17, 15) is 9.59 Å². The van der Waals surface area contributed by atoms with Gasteiger partial charge in [-0.15, -0.1) is 0 Å². The minimum atomic E-state index is -0.511. The number of nitriles is 1. The molecule has 1 unspecified atom stereocenters. The number of anilines is 2. The zero-order valence-corrected chi connectivity index (χ0v) is 16.6. The number of likely N-dealkylation sites (N-methyl/N-ethyl adjacent to an activating group) is 1. The molecule has 0 radical (unpaired) electrons. The van der Waals surface area contributed by atoms with Crippen LogP contribution in [0.1, 0.15) is 18.9 Å². The Morgan fingerprint density at radius 2 is 1.75 bits per heavy atom. The molecule has 0 aliphatic heterocycles. The maximum atomic E-state index is 13.0. The number of rotatable bonds is 8. The average molecular weight is 378 g/mol. The van der Waals surface area contributed by atoms with Gasteiger partial charge >= 0.3 is 0 Å². The van der Waals surface area contributed by atoms with E-state index in [1.807, 2.05) is 61.5 Å². The van der Waals surface area contributed by atoms with Crippen LogP contribution in [-0.4, -0.2) is 42.9 Å². The highest BCUT2D eigenvalue weighted by Crippen LogP contribution is 2.16. The van der Waals surface area contributed by atoms with Crippen LogP contribution in [-0.2, 0) is 9.59 Å². The van der Waals surface area contributed by atoms with Gasteiger partial charge in [0.05, 0.1) is 25.1 Å². The molecule has 0 heterocycles. The number of nitrogens with one attached hydrogen (secondary N) is 1. The lowest BCUT2D eigenvalue weighted by atomic mass is 10.2. The average Bonchev–Trinajstić information content (AvgIpc) is 2.70. The number of hydrogen-bond acceptors (Lipinski definition) is 4. The van der Waals surface area contributed by atoms with Gasteiger partial charge in [-0.2, -0.15) is 5.26 Å². The second-order valence-electron chi connectivity index (χ2n) is 6.74. The molecule has 0 spiro atoms. The third-order valence-electron chi connectivity index (χ3n) is 4.53. The number of hydrogen-bond donors (Lipinski definition) is 1. The van der Waals surface area contributed by atoms with Crippen molar-refractivity contribution in [1.29, 1.82) is 5.26 Å². The van der Waals surface area contributed by atoms with Crippen molar-refractivity contribution < 1.29 is 9.59 Å². The maximum absolute atomic E-state index is 13.0. The summed E-state index contributed by atoms with van der Waals surface area (Å²) in [6.45, 7) is 4.15. The summed E-state index contributed by atoms with van der Waals surface area (Å²) < 4.78 is 0. The molecule has 2 rings (SSSR count). The van der Waals surface area contributed by atoms with Gasteiger partial charge in [-0.3, -0.25) is 14.5 Å². The van der Waals surface area contributed by atoms with Crippen LogP contribution < -0.4 is 10.2 Å². The molecule has 6 nitrogen and oxygen atoms in total. The monoisotopic (exact) mass is 378 g/mol. The zero-order chi connectivity index (χ0) is 20.5. The van der Waals surface area contributed by atoms with E-state index in [0.29, 0.717) is 6.54 Å². The molecule has 1 atom stereocenters. The van der Waals surface area contributed by atoms with Gasteiger partial charge in [-0.25, -0.2) is 0 Å². The summed E-state index contributed by atoms with van der Waals surface area (Å²) in [5.74, 6) is -0.332. The van der Waals surface area contributed by atoms with Crippen molar-refractivity contribution in [3.8, 4) is 6.07 Å². The predicted octanol–water partition coefficient (Wildman–Crippen LogP) is 3.20. The summed E-state index contributed by atoms with van der Waals surface area (Å²) >= 11 is 0. The second kappa shape index (κ2) is 10.2. The first-order chi connectivity index (χ1) is 13.4. The zero-order valence-electron chi connectivity index (χ0n) is 16.6. The van der Waals surface area contributed by atoms with E-state index in [2.05, 4.69) is 11.4 Å². The van der Waals surface area contributed by atoms with Gasteiger partial charge in [0.1, 0.15) is 0 Å². The fourth-order valence-electron chi connectivity index (χ4n) is 2.75. The fourth-order valence-corrected chi connectivity index (χ4v) is 2.75. The fraction of sp³-hybridized carbons (Fsp3) is 0.318.